The predicted molar refractivity (Wildman–Crippen MR) is 106 cm³/mol. The van der Waals surface area contributed by atoms with E-state index in [1.165, 1.54) is 43.2 Å². The van der Waals surface area contributed by atoms with E-state index in [0.717, 1.165) is 24.6 Å². The van der Waals surface area contributed by atoms with Crippen LogP contribution in [0.25, 0.3) is 0 Å². The molecule has 0 radical (unpaired) electrons. The number of esters is 1. The Bertz CT molecular complexity index is 705. The molecule has 2 aromatic rings. The number of ether oxygens (including phenoxy) is 1. The summed E-state index contributed by atoms with van der Waals surface area (Å²) in [4.78, 5) is 12.1. The molecule has 0 heterocycles. The highest BCUT2D eigenvalue weighted by molar-refractivity contribution is 5.90. The molecule has 0 aliphatic heterocycles. The molecule has 3 rings (SSSR count). The molecule has 0 atom stereocenters. The van der Waals surface area contributed by atoms with E-state index in [4.69, 9.17) is 4.74 Å². The van der Waals surface area contributed by atoms with Gasteiger partial charge in [-0.3, -0.25) is 0 Å². The van der Waals surface area contributed by atoms with Crippen molar-refractivity contribution in [2.45, 2.75) is 52.0 Å². The molecule has 1 aliphatic carbocycles. The lowest BCUT2D eigenvalue weighted by Crippen LogP contribution is -2.12. The minimum absolute atomic E-state index is 0.250. The minimum atomic E-state index is -0.250. The summed E-state index contributed by atoms with van der Waals surface area (Å²) < 4.78 is 5.17. The first-order valence-corrected chi connectivity index (χ1v) is 9.84. The van der Waals surface area contributed by atoms with Gasteiger partial charge >= 0.3 is 5.97 Å². The fourth-order valence-electron chi connectivity index (χ4n) is 3.76. The van der Waals surface area contributed by atoms with Crippen LogP contribution in [0.15, 0.2) is 48.5 Å². The van der Waals surface area contributed by atoms with Gasteiger partial charge in [-0.25, -0.2) is 4.79 Å². The summed E-state index contributed by atoms with van der Waals surface area (Å²) in [5, 5.41) is 3.55. The van der Waals surface area contributed by atoms with Crippen molar-refractivity contribution in [3.8, 4) is 0 Å². The second-order valence-electron chi connectivity index (χ2n) is 7.14. The van der Waals surface area contributed by atoms with Gasteiger partial charge in [-0.15, -0.1) is 0 Å². The van der Waals surface area contributed by atoms with E-state index < -0.39 is 0 Å². The van der Waals surface area contributed by atoms with Crippen LogP contribution < -0.4 is 5.32 Å². The molecular weight excluding hydrogens is 322 g/mol. The molecule has 0 unspecified atom stereocenters. The Hall–Kier alpha value is -2.29. The summed E-state index contributed by atoms with van der Waals surface area (Å²) in [6.45, 7) is 2.99. The molecule has 1 aliphatic rings. The number of hydrogen-bond donors (Lipinski definition) is 1. The highest BCUT2D eigenvalue weighted by Crippen LogP contribution is 2.30. The van der Waals surface area contributed by atoms with Crippen molar-refractivity contribution in [3.63, 3.8) is 0 Å². The molecule has 1 fully saturated rings. The molecule has 3 heteroatoms. The first-order chi connectivity index (χ1) is 12.8. The lowest BCUT2D eigenvalue weighted by molar-refractivity contribution is 0.0526. The van der Waals surface area contributed by atoms with E-state index in [1.807, 2.05) is 25.1 Å². The number of anilines is 1. The highest BCUT2D eigenvalue weighted by Gasteiger charge is 2.17. The van der Waals surface area contributed by atoms with Gasteiger partial charge in [-0.05, 0) is 42.5 Å². The normalized spacial score (nSPS) is 14.8. The molecule has 0 spiro atoms. The van der Waals surface area contributed by atoms with Crippen LogP contribution in [0.2, 0.25) is 0 Å². The predicted octanol–water partition coefficient (Wildman–Crippen LogP) is 5.60. The maximum Gasteiger partial charge on any atom is 0.338 e. The number of carbonyl (C=O) groups excluding carboxylic acids is 1. The van der Waals surface area contributed by atoms with Crippen LogP contribution in [-0.2, 0) is 17.7 Å². The van der Waals surface area contributed by atoms with Gasteiger partial charge in [-0.2, -0.15) is 0 Å². The minimum Gasteiger partial charge on any atom is -0.462 e. The zero-order chi connectivity index (χ0) is 18.2. The molecular formula is C23H29NO2. The first-order valence-electron chi connectivity index (χ1n) is 9.84. The fourth-order valence-corrected chi connectivity index (χ4v) is 3.76. The second kappa shape index (κ2) is 9.42. The van der Waals surface area contributed by atoms with Crippen molar-refractivity contribution >= 4 is 11.7 Å². The number of rotatable bonds is 7. The van der Waals surface area contributed by atoms with Crippen molar-refractivity contribution in [3.05, 3.63) is 65.2 Å². The van der Waals surface area contributed by atoms with E-state index in [0.29, 0.717) is 12.2 Å². The number of nitrogens with one attached hydrogen (secondary N) is 1. The summed E-state index contributed by atoms with van der Waals surface area (Å²) in [6, 6.07) is 16.3. The molecule has 0 bridgehead atoms. The highest BCUT2D eigenvalue weighted by atomic mass is 16.5. The standard InChI is InChI=1S/C23H29NO2/c1-2-26-23(25)21-14-13-20(15-18-9-5-3-6-10-18)22(16-21)24-17-19-11-7-4-8-12-19/h4,7-8,11-14,16,18,24H,2-3,5-6,9-10,15,17H2,1H3. The van der Waals surface area contributed by atoms with Crippen LogP contribution in [0.4, 0.5) is 5.69 Å². The SMILES string of the molecule is CCOC(=O)c1ccc(CC2CCCCC2)c(NCc2ccccc2)c1. The molecule has 2 aromatic carbocycles. The van der Waals surface area contributed by atoms with Crippen molar-refractivity contribution in [2.24, 2.45) is 5.92 Å². The summed E-state index contributed by atoms with van der Waals surface area (Å²) in [7, 11) is 0. The summed E-state index contributed by atoms with van der Waals surface area (Å²) >= 11 is 0. The molecule has 0 saturated heterocycles. The van der Waals surface area contributed by atoms with Crippen LogP contribution >= 0.6 is 0 Å². The zero-order valence-electron chi connectivity index (χ0n) is 15.7. The van der Waals surface area contributed by atoms with Crippen LogP contribution in [0.5, 0.6) is 0 Å². The third-order valence-corrected chi connectivity index (χ3v) is 5.18. The summed E-state index contributed by atoms with van der Waals surface area (Å²) in [5.41, 5.74) is 4.22. The van der Waals surface area contributed by atoms with Gasteiger partial charge in [0.15, 0.2) is 0 Å². The van der Waals surface area contributed by atoms with E-state index in [9.17, 15) is 4.79 Å². The second-order valence-corrected chi connectivity index (χ2v) is 7.14. The van der Waals surface area contributed by atoms with Crippen LogP contribution in [0, 0.1) is 5.92 Å². The number of benzene rings is 2. The Balaban J connectivity index is 1.78. The Morgan fingerprint density at radius 2 is 1.85 bits per heavy atom. The fraction of sp³-hybridized carbons (Fsp3) is 0.435. The van der Waals surface area contributed by atoms with Gasteiger partial charge in [0, 0.05) is 12.2 Å². The van der Waals surface area contributed by atoms with Gasteiger partial charge in [-0.1, -0.05) is 68.5 Å². The van der Waals surface area contributed by atoms with Crippen molar-refractivity contribution in [1.29, 1.82) is 0 Å². The molecule has 3 nitrogen and oxygen atoms in total. The van der Waals surface area contributed by atoms with Gasteiger partial charge in [0.05, 0.1) is 12.2 Å². The first kappa shape index (κ1) is 18.5. The van der Waals surface area contributed by atoms with Crippen molar-refractivity contribution in [2.75, 3.05) is 11.9 Å². The largest absolute Gasteiger partial charge is 0.462 e. The van der Waals surface area contributed by atoms with Gasteiger partial charge in [0.1, 0.15) is 0 Å². The maximum absolute atomic E-state index is 12.1. The van der Waals surface area contributed by atoms with Gasteiger partial charge in [0.2, 0.25) is 0 Å². The van der Waals surface area contributed by atoms with Crippen molar-refractivity contribution in [1.82, 2.24) is 0 Å². The van der Waals surface area contributed by atoms with E-state index >= 15 is 0 Å². The summed E-state index contributed by atoms with van der Waals surface area (Å²) in [6.07, 6.45) is 7.78. The lowest BCUT2D eigenvalue weighted by Gasteiger charge is -2.23. The molecule has 1 N–H and O–H groups in total. The third-order valence-electron chi connectivity index (χ3n) is 5.18. The van der Waals surface area contributed by atoms with E-state index in [-0.39, 0.29) is 5.97 Å². The van der Waals surface area contributed by atoms with Gasteiger partial charge < -0.3 is 10.1 Å². The van der Waals surface area contributed by atoms with E-state index in [2.05, 4.69) is 35.6 Å². The molecule has 138 valence electrons. The van der Waals surface area contributed by atoms with Crippen LogP contribution in [0.3, 0.4) is 0 Å². The van der Waals surface area contributed by atoms with Crippen LogP contribution in [-0.4, -0.2) is 12.6 Å². The number of carbonyl (C=O) groups is 1. The monoisotopic (exact) mass is 351 g/mol. The quantitative estimate of drug-likeness (QED) is 0.660. The average Bonchev–Trinajstić information content (AvgIpc) is 2.69. The smallest absolute Gasteiger partial charge is 0.338 e. The third kappa shape index (κ3) is 5.10. The molecule has 0 amide bonds. The van der Waals surface area contributed by atoms with E-state index in [1.54, 1.807) is 0 Å². The zero-order valence-corrected chi connectivity index (χ0v) is 15.7. The number of hydrogen-bond acceptors (Lipinski definition) is 3. The van der Waals surface area contributed by atoms with Gasteiger partial charge in [0.25, 0.3) is 0 Å². The topological polar surface area (TPSA) is 38.3 Å². The molecule has 0 aromatic heterocycles. The lowest BCUT2D eigenvalue weighted by atomic mass is 9.84. The average molecular weight is 351 g/mol. The Kier molecular flexibility index (Phi) is 6.70. The van der Waals surface area contributed by atoms with Crippen molar-refractivity contribution < 1.29 is 9.53 Å². The maximum atomic E-state index is 12.1. The molecule has 1 saturated carbocycles. The molecule has 26 heavy (non-hydrogen) atoms. The Morgan fingerprint density at radius 1 is 1.08 bits per heavy atom. The van der Waals surface area contributed by atoms with Crippen LogP contribution in [0.1, 0.15) is 60.5 Å². The Labute approximate surface area is 156 Å². The summed E-state index contributed by atoms with van der Waals surface area (Å²) in [5.74, 6) is 0.508. The Morgan fingerprint density at radius 3 is 2.58 bits per heavy atom.